The van der Waals surface area contributed by atoms with E-state index in [4.69, 9.17) is 27.9 Å². The van der Waals surface area contributed by atoms with E-state index >= 15 is 0 Å². The van der Waals surface area contributed by atoms with Gasteiger partial charge in [-0.3, -0.25) is 4.79 Å². The highest BCUT2D eigenvalue weighted by atomic mass is 35.5. The highest BCUT2D eigenvalue weighted by molar-refractivity contribution is 6.35. The number of hydrogen-bond donors (Lipinski definition) is 1. The molecule has 0 radical (unpaired) electrons. The van der Waals surface area contributed by atoms with Gasteiger partial charge in [-0.25, -0.2) is 0 Å². The number of benzene rings is 2. The second kappa shape index (κ2) is 11.6. The van der Waals surface area contributed by atoms with Crippen LogP contribution in [-0.2, 0) is 10.2 Å². The van der Waals surface area contributed by atoms with E-state index in [0.717, 1.165) is 55.6 Å². The second-order valence-corrected chi connectivity index (χ2v) is 10.2. The molecule has 33 heavy (non-hydrogen) atoms. The zero-order valence-corrected chi connectivity index (χ0v) is 20.8. The van der Waals surface area contributed by atoms with E-state index in [1.165, 1.54) is 38.8 Å². The number of halogens is 2. The summed E-state index contributed by atoms with van der Waals surface area (Å²) >= 11 is 12.6. The number of ether oxygens (including phenoxy) is 1. The third-order valence-electron chi connectivity index (χ3n) is 7.04. The molecule has 0 spiro atoms. The summed E-state index contributed by atoms with van der Waals surface area (Å²) in [6.07, 6.45) is 10.00. The molecule has 4 nitrogen and oxygen atoms in total. The fourth-order valence-corrected chi connectivity index (χ4v) is 5.79. The second-order valence-electron chi connectivity index (χ2n) is 9.35. The van der Waals surface area contributed by atoms with E-state index in [2.05, 4.69) is 10.2 Å². The summed E-state index contributed by atoms with van der Waals surface area (Å²) in [5, 5.41) is 4.26. The van der Waals surface area contributed by atoms with Crippen LogP contribution in [-0.4, -0.2) is 37.0 Å². The van der Waals surface area contributed by atoms with E-state index in [0.29, 0.717) is 16.7 Å². The van der Waals surface area contributed by atoms with Crippen LogP contribution in [0.1, 0.15) is 63.4 Å². The van der Waals surface area contributed by atoms with Crippen molar-refractivity contribution in [3.05, 3.63) is 58.1 Å². The summed E-state index contributed by atoms with van der Waals surface area (Å²) < 4.78 is 5.93. The van der Waals surface area contributed by atoms with Crippen molar-refractivity contribution in [2.75, 3.05) is 31.6 Å². The molecule has 1 aliphatic carbocycles. The molecule has 0 atom stereocenters. The lowest BCUT2D eigenvalue weighted by molar-refractivity contribution is -0.121. The summed E-state index contributed by atoms with van der Waals surface area (Å²) in [7, 11) is 0. The molecular weight excluding hydrogens is 455 g/mol. The minimum absolute atomic E-state index is 0.00431. The quantitative estimate of drug-likeness (QED) is 0.403. The predicted molar refractivity (Wildman–Crippen MR) is 137 cm³/mol. The summed E-state index contributed by atoms with van der Waals surface area (Å²) in [6, 6.07) is 13.1. The Kier molecular flexibility index (Phi) is 8.56. The summed E-state index contributed by atoms with van der Waals surface area (Å²) in [5.41, 5.74) is 1.03. The Bertz CT molecular complexity index is 918. The average Bonchev–Trinajstić information content (AvgIpc) is 3.16. The molecule has 1 heterocycles. The third kappa shape index (κ3) is 6.23. The van der Waals surface area contributed by atoms with Crippen molar-refractivity contribution in [1.82, 2.24) is 4.90 Å². The van der Waals surface area contributed by atoms with Crippen LogP contribution in [0.25, 0.3) is 0 Å². The number of likely N-dealkylation sites (tertiary alicyclic amines) is 1. The lowest BCUT2D eigenvalue weighted by Gasteiger charge is -2.29. The van der Waals surface area contributed by atoms with E-state index in [9.17, 15) is 4.79 Å². The minimum Gasteiger partial charge on any atom is -0.494 e. The maximum Gasteiger partial charge on any atom is 0.235 e. The van der Waals surface area contributed by atoms with Gasteiger partial charge in [0.25, 0.3) is 0 Å². The van der Waals surface area contributed by atoms with Crippen molar-refractivity contribution in [2.24, 2.45) is 0 Å². The van der Waals surface area contributed by atoms with Gasteiger partial charge in [-0.1, -0.05) is 55.0 Å². The van der Waals surface area contributed by atoms with Crippen LogP contribution in [0.2, 0.25) is 10.0 Å². The Morgan fingerprint density at radius 1 is 0.939 bits per heavy atom. The van der Waals surface area contributed by atoms with Crippen LogP contribution >= 0.6 is 23.2 Å². The van der Waals surface area contributed by atoms with Gasteiger partial charge in [0.15, 0.2) is 0 Å². The number of rotatable bonds is 8. The zero-order chi connectivity index (χ0) is 23.1. The average molecular weight is 489 g/mol. The van der Waals surface area contributed by atoms with Gasteiger partial charge >= 0.3 is 0 Å². The summed E-state index contributed by atoms with van der Waals surface area (Å²) in [5.74, 6) is 0.829. The first-order chi connectivity index (χ1) is 16.1. The normalized spacial score (nSPS) is 18.6. The SMILES string of the molecule is O=C(Nc1ccc(OCCCN2CCCCCC2)cc1)C1(c2ccc(Cl)cc2Cl)CCCC1. The standard InChI is InChI=1S/C27H34Cl2N2O2/c28-21-8-13-24(25(29)20-21)27(14-3-4-15-27)26(32)30-22-9-11-23(12-10-22)33-19-7-18-31-16-5-1-2-6-17-31/h8-13,20H,1-7,14-19H2,(H,30,32). The fourth-order valence-electron chi connectivity index (χ4n) is 5.20. The topological polar surface area (TPSA) is 41.6 Å². The highest BCUT2D eigenvalue weighted by Gasteiger charge is 2.44. The van der Waals surface area contributed by atoms with Crippen LogP contribution in [0.4, 0.5) is 5.69 Å². The van der Waals surface area contributed by atoms with E-state index in [1.54, 1.807) is 6.07 Å². The Balaban J connectivity index is 1.31. The number of carbonyl (C=O) groups is 1. The van der Waals surface area contributed by atoms with Crippen LogP contribution in [0.15, 0.2) is 42.5 Å². The van der Waals surface area contributed by atoms with E-state index in [1.807, 2.05) is 36.4 Å². The fraction of sp³-hybridized carbons (Fsp3) is 0.519. The maximum absolute atomic E-state index is 13.4. The first kappa shape index (κ1) is 24.4. The molecular formula is C27H34Cl2N2O2. The molecule has 2 aromatic carbocycles. The monoisotopic (exact) mass is 488 g/mol. The number of nitrogens with zero attached hydrogens (tertiary/aromatic N) is 1. The first-order valence-electron chi connectivity index (χ1n) is 12.3. The number of amides is 1. The molecule has 1 amide bonds. The number of hydrogen-bond acceptors (Lipinski definition) is 3. The van der Waals surface area contributed by atoms with Crippen LogP contribution in [0, 0.1) is 0 Å². The molecule has 1 N–H and O–H groups in total. The van der Waals surface area contributed by atoms with Gasteiger partial charge in [-0.05, 0) is 87.2 Å². The molecule has 4 rings (SSSR count). The van der Waals surface area contributed by atoms with Gasteiger partial charge in [0.2, 0.25) is 5.91 Å². The van der Waals surface area contributed by atoms with Gasteiger partial charge < -0.3 is 15.0 Å². The molecule has 2 aromatic rings. The smallest absolute Gasteiger partial charge is 0.235 e. The van der Waals surface area contributed by atoms with Crippen molar-refractivity contribution in [3.63, 3.8) is 0 Å². The van der Waals surface area contributed by atoms with Crippen molar-refractivity contribution < 1.29 is 9.53 Å². The Morgan fingerprint density at radius 3 is 2.30 bits per heavy atom. The molecule has 1 aliphatic heterocycles. The van der Waals surface area contributed by atoms with Crippen molar-refractivity contribution >= 4 is 34.8 Å². The van der Waals surface area contributed by atoms with Gasteiger partial charge in [-0.2, -0.15) is 0 Å². The molecule has 178 valence electrons. The maximum atomic E-state index is 13.4. The minimum atomic E-state index is -0.607. The lowest BCUT2D eigenvalue weighted by Crippen LogP contribution is -2.38. The number of carbonyl (C=O) groups excluding carboxylic acids is 1. The Labute approximate surface area is 207 Å². The van der Waals surface area contributed by atoms with Gasteiger partial charge in [0.1, 0.15) is 5.75 Å². The molecule has 1 saturated heterocycles. The van der Waals surface area contributed by atoms with Crippen molar-refractivity contribution in [1.29, 1.82) is 0 Å². The lowest BCUT2D eigenvalue weighted by atomic mass is 9.78. The third-order valence-corrected chi connectivity index (χ3v) is 7.58. The zero-order valence-electron chi connectivity index (χ0n) is 19.3. The number of anilines is 1. The van der Waals surface area contributed by atoms with E-state index < -0.39 is 5.41 Å². The van der Waals surface area contributed by atoms with Gasteiger partial charge in [-0.15, -0.1) is 0 Å². The number of nitrogens with one attached hydrogen (secondary N) is 1. The molecule has 2 fully saturated rings. The van der Waals surface area contributed by atoms with Crippen molar-refractivity contribution in [3.8, 4) is 5.75 Å². The molecule has 0 unspecified atom stereocenters. The largest absolute Gasteiger partial charge is 0.494 e. The van der Waals surface area contributed by atoms with Gasteiger partial charge in [0, 0.05) is 22.3 Å². The Hall–Kier alpha value is -1.75. The molecule has 6 heteroatoms. The van der Waals surface area contributed by atoms with Gasteiger partial charge in [0.05, 0.1) is 12.0 Å². The Morgan fingerprint density at radius 2 is 1.64 bits per heavy atom. The van der Waals surface area contributed by atoms with Crippen LogP contribution in [0.5, 0.6) is 5.75 Å². The van der Waals surface area contributed by atoms with E-state index in [-0.39, 0.29) is 5.91 Å². The van der Waals surface area contributed by atoms with Crippen molar-refractivity contribution in [2.45, 2.75) is 63.2 Å². The molecule has 1 saturated carbocycles. The summed E-state index contributed by atoms with van der Waals surface area (Å²) in [6.45, 7) is 4.25. The molecule has 0 bridgehead atoms. The highest BCUT2D eigenvalue weighted by Crippen LogP contribution is 2.45. The molecule has 2 aliphatic rings. The van der Waals surface area contributed by atoms with Crippen LogP contribution in [0.3, 0.4) is 0 Å². The van der Waals surface area contributed by atoms with Crippen LogP contribution < -0.4 is 10.1 Å². The predicted octanol–water partition coefficient (Wildman–Crippen LogP) is 7.09. The first-order valence-corrected chi connectivity index (χ1v) is 13.0. The summed E-state index contributed by atoms with van der Waals surface area (Å²) in [4.78, 5) is 16.0. The molecule has 0 aromatic heterocycles.